The number of sulfone groups is 1. The number of benzene rings is 1. The number of aliphatic carboxylic acids is 1. The number of carbonyl (C=O) groups is 1. The third kappa shape index (κ3) is 3.42. The first-order valence-electron chi connectivity index (χ1n) is 4.69. The highest BCUT2D eigenvalue weighted by atomic mass is 35.5. The van der Waals surface area contributed by atoms with Crippen LogP contribution in [0.2, 0.25) is 5.02 Å². The minimum atomic E-state index is -3.43. The number of nitrogens with two attached hydrogens (primary N) is 1. The predicted octanol–water partition coefficient (Wildman–Crippen LogP) is 0.870. The van der Waals surface area contributed by atoms with Crippen molar-refractivity contribution in [1.82, 2.24) is 0 Å². The van der Waals surface area contributed by atoms with Gasteiger partial charge in [-0.25, -0.2) is 8.42 Å². The summed E-state index contributed by atoms with van der Waals surface area (Å²) >= 11 is 5.76. The average molecular weight is 278 g/mol. The summed E-state index contributed by atoms with van der Waals surface area (Å²) < 4.78 is 22.8. The van der Waals surface area contributed by atoms with Gasteiger partial charge in [-0.1, -0.05) is 11.6 Å². The van der Waals surface area contributed by atoms with Gasteiger partial charge >= 0.3 is 5.97 Å². The van der Waals surface area contributed by atoms with E-state index >= 15 is 0 Å². The Morgan fingerprint density at radius 1 is 1.47 bits per heavy atom. The standard InChI is InChI=1S/C10H12ClNO4S/c1-17(15,16)8-3-6(2-7(11)4-8)9(5-12)10(13)14/h2-4,9H,5,12H2,1H3,(H,13,14). The van der Waals surface area contributed by atoms with E-state index in [4.69, 9.17) is 22.4 Å². The van der Waals surface area contributed by atoms with Crippen molar-refractivity contribution in [2.45, 2.75) is 10.8 Å². The molecule has 0 bridgehead atoms. The van der Waals surface area contributed by atoms with Crippen LogP contribution in [0.4, 0.5) is 0 Å². The SMILES string of the molecule is CS(=O)(=O)c1cc(Cl)cc(C(CN)C(=O)O)c1. The normalized spacial score (nSPS) is 13.4. The Kier molecular flexibility index (Phi) is 4.13. The van der Waals surface area contributed by atoms with Crippen LogP contribution in [-0.4, -0.2) is 32.3 Å². The minimum Gasteiger partial charge on any atom is -0.481 e. The number of rotatable bonds is 4. The molecular weight excluding hydrogens is 266 g/mol. The molecule has 0 spiro atoms. The molecule has 0 fully saturated rings. The molecule has 0 aliphatic rings. The Hall–Kier alpha value is -1.11. The van der Waals surface area contributed by atoms with Crippen LogP contribution >= 0.6 is 11.6 Å². The van der Waals surface area contributed by atoms with E-state index in [2.05, 4.69) is 0 Å². The summed E-state index contributed by atoms with van der Waals surface area (Å²) in [4.78, 5) is 10.9. The molecule has 0 saturated heterocycles. The van der Waals surface area contributed by atoms with E-state index in [0.29, 0.717) is 0 Å². The van der Waals surface area contributed by atoms with E-state index in [-0.39, 0.29) is 22.0 Å². The molecule has 1 unspecified atom stereocenters. The first-order chi connectivity index (χ1) is 7.75. The molecule has 5 nitrogen and oxygen atoms in total. The van der Waals surface area contributed by atoms with Gasteiger partial charge in [-0.3, -0.25) is 4.79 Å². The molecular formula is C10H12ClNO4S. The van der Waals surface area contributed by atoms with Crippen molar-refractivity contribution >= 4 is 27.4 Å². The van der Waals surface area contributed by atoms with Crippen molar-refractivity contribution in [3.63, 3.8) is 0 Å². The Balaban J connectivity index is 3.36. The molecule has 1 rings (SSSR count). The lowest BCUT2D eigenvalue weighted by Gasteiger charge is -2.11. The largest absolute Gasteiger partial charge is 0.481 e. The van der Waals surface area contributed by atoms with Crippen LogP contribution < -0.4 is 5.73 Å². The molecule has 3 N–H and O–H groups in total. The zero-order valence-electron chi connectivity index (χ0n) is 9.05. The molecule has 17 heavy (non-hydrogen) atoms. The topological polar surface area (TPSA) is 97.5 Å². The van der Waals surface area contributed by atoms with E-state index in [9.17, 15) is 13.2 Å². The lowest BCUT2D eigenvalue weighted by molar-refractivity contribution is -0.138. The fourth-order valence-corrected chi connectivity index (χ4v) is 2.38. The second-order valence-corrected chi connectivity index (χ2v) is 6.07. The first kappa shape index (κ1) is 14.0. The van der Waals surface area contributed by atoms with Crippen LogP contribution in [0.5, 0.6) is 0 Å². The molecule has 1 atom stereocenters. The van der Waals surface area contributed by atoms with Crippen LogP contribution in [0.3, 0.4) is 0 Å². The Morgan fingerprint density at radius 3 is 2.47 bits per heavy atom. The third-order valence-electron chi connectivity index (χ3n) is 2.26. The molecule has 0 radical (unpaired) electrons. The van der Waals surface area contributed by atoms with Crippen molar-refractivity contribution in [1.29, 1.82) is 0 Å². The number of halogens is 1. The Labute approximate surface area is 104 Å². The zero-order chi connectivity index (χ0) is 13.2. The van der Waals surface area contributed by atoms with Gasteiger partial charge in [0.05, 0.1) is 10.8 Å². The van der Waals surface area contributed by atoms with E-state index in [1.54, 1.807) is 0 Å². The lowest BCUT2D eigenvalue weighted by atomic mass is 10.00. The Morgan fingerprint density at radius 2 is 2.06 bits per heavy atom. The highest BCUT2D eigenvalue weighted by Gasteiger charge is 2.20. The Bertz CT molecular complexity index is 541. The van der Waals surface area contributed by atoms with Crippen LogP contribution in [0.25, 0.3) is 0 Å². The summed E-state index contributed by atoms with van der Waals surface area (Å²) in [7, 11) is -3.43. The summed E-state index contributed by atoms with van der Waals surface area (Å²) in [6.45, 7) is -0.126. The maximum Gasteiger partial charge on any atom is 0.312 e. The van der Waals surface area contributed by atoms with Gasteiger partial charge in [-0.05, 0) is 23.8 Å². The highest BCUT2D eigenvalue weighted by Crippen LogP contribution is 2.24. The van der Waals surface area contributed by atoms with Crippen LogP contribution in [-0.2, 0) is 14.6 Å². The van der Waals surface area contributed by atoms with Crippen LogP contribution in [0.1, 0.15) is 11.5 Å². The van der Waals surface area contributed by atoms with Gasteiger partial charge in [-0.2, -0.15) is 0 Å². The summed E-state index contributed by atoms with van der Waals surface area (Å²) in [6.07, 6.45) is 1.03. The molecule has 0 aliphatic carbocycles. The molecule has 0 amide bonds. The van der Waals surface area contributed by atoms with Gasteiger partial charge in [0.25, 0.3) is 0 Å². The molecule has 1 aromatic carbocycles. The smallest absolute Gasteiger partial charge is 0.312 e. The average Bonchev–Trinajstić information content (AvgIpc) is 2.15. The maximum atomic E-state index is 11.4. The van der Waals surface area contributed by atoms with Crippen molar-refractivity contribution in [3.05, 3.63) is 28.8 Å². The molecule has 0 heterocycles. The third-order valence-corrected chi connectivity index (χ3v) is 3.57. The van der Waals surface area contributed by atoms with Gasteiger partial charge in [0.1, 0.15) is 0 Å². The fraction of sp³-hybridized carbons (Fsp3) is 0.300. The van der Waals surface area contributed by atoms with Gasteiger partial charge in [0.2, 0.25) is 0 Å². The predicted molar refractivity (Wildman–Crippen MR) is 64.0 cm³/mol. The number of hydrogen-bond donors (Lipinski definition) is 2. The van der Waals surface area contributed by atoms with Crippen molar-refractivity contribution in [2.75, 3.05) is 12.8 Å². The molecule has 1 aromatic rings. The maximum absolute atomic E-state index is 11.4. The van der Waals surface area contributed by atoms with Gasteiger partial charge < -0.3 is 10.8 Å². The van der Waals surface area contributed by atoms with Gasteiger partial charge in [0, 0.05) is 17.8 Å². The molecule has 0 saturated carbocycles. The van der Waals surface area contributed by atoms with Gasteiger partial charge in [0.15, 0.2) is 9.84 Å². The number of hydrogen-bond acceptors (Lipinski definition) is 4. The van der Waals surface area contributed by atoms with Crippen LogP contribution in [0.15, 0.2) is 23.1 Å². The summed E-state index contributed by atoms with van der Waals surface area (Å²) in [5.74, 6) is -2.08. The van der Waals surface area contributed by atoms with Gasteiger partial charge in [-0.15, -0.1) is 0 Å². The molecule has 7 heteroatoms. The monoisotopic (exact) mass is 277 g/mol. The first-order valence-corrected chi connectivity index (χ1v) is 6.96. The summed E-state index contributed by atoms with van der Waals surface area (Å²) in [6, 6.07) is 3.96. The summed E-state index contributed by atoms with van der Waals surface area (Å²) in [5, 5.41) is 9.11. The van der Waals surface area contributed by atoms with E-state index in [1.807, 2.05) is 0 Å². The zero-order valence-corrected chi connectivity index (χ0v) is 10.6. The van der Waals surface area contributed by atoms with E-state index < -0.39 is 21.7 Å². The molecule has 94 valence electrons. The molecule has 0 aromatic heterocycles. The van der Waals surface area contributed by atoms with E-state index in [1.165, 1.54) is 18.2 Å². The second kappa shape index (κ2) is 5.03. The van der Waals surface area contributed by atoms with Crippen molar-refractivity contribution in [3.8, 4) is 0 Å². The van der Waals surface area contributed by atoms with Crippen molar-refractivity contribution < 1.29 is 18.3 Å². The fourth-order valence-electron chi connectivity index (χ4n) is 1.38. The number of carboxylic acid groups (broad SMARTS) is 1. The lowest BCUT2D eigenvalue weighted by Crippen LogP contribution is -2.21. The minimum absolute atomic E-state index is 0.0142. The van der Waals surface area contributed by atoms with Crippen molar-refractivity contribution in [2.24, 2.45) is 5.73 Å². The van der Waals surface area contributed by atoms with E-state index in [0.717, 1.165) is 6.26 Å². The quantitative estimate of drug-likeness (QED) is 0.851. The summed E-state index contributed by atoms with van der Waals surface area (Å²) in [5.41, 5.74) is 5.63. The number of carboxylic acids is 1. The highest BCUT2D eigenvalue weighted by molar-refractivity contribution is 7.90. The second-order valence-electron chi connectivity index (χ2n) is 3.62. The van der Waals surface area contributed by atoms with Crippen LogP contribution in [0, 0.1) is 0 Å². The molecule has 0 aliphatic heterocycles.